The van der Waals surface area contributed by atoms with Gasteiger partial charge < -0.3 is 4.74 Å². The van der Waals surface area contributed by atoms with Crippen LogP contribution >= 0.6 is 0 Å². The Morgan fingerprint density at radius 2 is 1.85 bits per heavy atom. The molecule has 1 atom stereocenters. The van der Waals surface area contributed by atoms with Crippen molar-refractivity contribution in [1.29, 1.82) is 0 Å². The first kappa shape index (κ1) is 24.5. The van der Waals surface area contributed by atoms with Gasteiger partial charge >= 0.3 is 0 Å². The molecule has 1 heterocycles. The van der Waals surface area contributed by atoms with E-state index in [4.69, 9.17) is 4.74 Å². The second-order valence-corrected chi connectivity index (χ2v) is 9.54. The van der Waals surface area contributed by atoms with Gasteiger partial charge in [0.15, 0.2) is 0 Å². The SMILES string of the molecule is CCCN1CCCCC1C(=O)NNC(=O)c1cccc(S(=O)(=O)Nc2ccc(OC)cc2)c1. The highest BCUT2D eigenvalue weighted by atomic mass is 32.2. The second kappa shape index (κ2) is 11.2. The minimum atomic E-state index is -3.92. The summed E-state index contributed by atoms with van der Waals surface area (Å²) in [6.45, 7) is 3.75. The van der Waals surface area contributed by atoms with Crippen molar-refractivity contribution in [3.05, 3.63) is 54.1 Å². The molecule has 0 bridgehead atoms. The zero-order valence-electron chi connectivity index (χ0n) is 18.8. The molecule has 9 nitrogen and oxygen atoms in total. The van der Waals surface area contributed by atoms with Crippen LogP contribution in [0.5, 0.6) is 5.75 Å². The van der Waals surface area contributed by atoms with Gasteiger partial charge in [0, 0.05) is 11.3 Å². The Labute approximate surface area is 194 Å². The molecule has 0 radical (unpaired) electrons. The Morgan fingerprint density at radius 1 is 1.09 bits per heavy atom. The van der Waals surface area contributed by atoms with Crippen molar-refractivity contribution in [1.82, 2.24) is 15.8 Å². The maximum atomic E-state index is 12.8. The Balaban J connectivity index is 1.64. The number of amides is 2. The molecule has 1 aliphatic heterocycles. The molecule has 2 aromatic rings. The zero-order valence-corrected chi connectivity index (χ0v) is 19.7. The standard InChI is InChI=1S/C23H30N4O5S/c1-3-14-27-15-5-4-9-21(27)23(29)25-24-22(28)17-7-6-8-20(16-17)33(30,31)26-18-10-12-19(32-2)13-11-18/h6-8,10-13,16,21,26H,3-5,9,14-15H2,1-2H3,(H,24,28)(H,25,29). The number of benzene rings is 2. The maximum absolute atomic E-state index is 12.8. The fourth-order valence-corrected chi connectivity index (χ4v) is 4.90. The number of hydrazine groups is 1. The molecule has 0 aliphatic carbocycles. The van der Waals surface area contributed by atoms with Crippen molar-refractivity contribution in [2.24, 2.45) is 0 Å². The summed E-state index contributed by atoms with van der Waals surface area (Å²) in [6.07, 6.45) is 3.71. The van der Waals surface area contributed by atoms with Gasteiger partial charge in [-0.05, 0) is 74.8 Å². The Hall–Kier alpha value is -3.11. The van der Waals surface area contributed by atoms with E-state index in [1.165, 1.54) is 31.4 Å². The van der Waals surface area contributed by atoms with Crippen LogP contribution in [0, 0.1) is 0 Å². The van der Waals surface area contributed by atoms with Gasteiger partial charge in [-0.1, -0.05) is 19.4 Å². The molecular weight excluding hydrogens is 444 g/mol. The van der Waals surface area contributed by atoms with Crippen LogP contribution in [-0.4, -0.2) is 51.4 Å². The summed E-state index contributed by atoms with van der Waals surface area (Å²) < 4.78 is 33.0. The molecule has 0 aromatic heterocycles. The van der Waals surface area contributed by atoms with Gasteiger partial charge in [-0.2, -0.15) is 0 Å². The van der Waals surface area contributed by atoms with Gasteiger partial charge in [-0.3, -0.25) is 30.1 Å². The lowest BCUT2D eigenvalue weighted by Gasteiger charge is -2.34. The summed E-state index contributed by atoms with van der Waals surface area (Å²) in [4.78, 5) is 27.2. The number of sulfonamides is 1. The van der Waals surface area contributed by atoms with E-state index in [0.29, 0.717) is 11.4 Å². The quantitative estimate of drug-likeness (QED) is 0.506. The van der Waals surface area contributed by atoms with Gasteiger partial charge in [0.2, 0.25) is 0 Å². The molecule has 1 saturated heterocycles. The minimum Gasteiger partial charge on any atom is -0.497 e. The molecule has 3 N–H and O–H groups in total. The number of carbonyl (C=O) groups excluding carboxylic acids is 2. The summed E-state index contributed by atoms with van der Waals surface area (Å²) >= 11 is 0. The highest BCUT2D eigenvalue weighted by Crippen LogP contribution is 2.20. The molecule has 1 unspecified atom stereocenters. The average molecular weight is 475 g/mol. The fraction of sp³-hybridized carbons (Fsp3) is 0.391. The number of nitrogens with zero attached hydrogens (tertiary/aromatic N) is 1. The topological polar surface area (TPSA) is 117 Å². The molecule has 10 heteroatoms. The first-order valence-electron chi connectivity index (χ1n) is 10.9. The molecule has 1 aliphatic rings. The second-order valence-electron chi connectivity index (χ2n) is 7.85. The lowest BCUT2D eigenvalue weighted by atomic mass is 10.0. The third kappa shape index (κ3) is 6.45. The van der Waals surface area contributed by atoms with Crippen molar-refractivity contribution >= 4 is 27.5 Å². The lowest BCUT2D eigenvalue weighted by Crippen LogP contribution is -2.54. The number of anilines is 1. The third-order valence-electron chi connectivity index (χ3n) is 5.48. The number of piperidine rings is 1. The number of methoxy groups -OCH3 is 1. The molecule has 2 aromatic carbocycles. The molecule has 2 amide bonds. The predicted octanol–water partition coefficient (Wildman–Crippen LogP) is 2.52. The van der Waals surface area contributed by atoms with E-state index in [9.17, 15) is 18.0 Å². The largest absolute Gasteiger partial charge is 0.497 e. The van der Waals surface area contributed by atoms with Crippen molar-refractivity contribution in [2.45, 2.75) is 43.5 Å². The number of carbonyl (C=O) groups is 2. The predicted molar refractivity (Wildman–Crippen MR) is 125 cm³/mol. The van der Waals surface area contributed by atoms with E-state index >= 15 is 0 Å². The van der Waals surface area contributed by atoms with E-state index in [1.807, 2.05) is 0 Å². The molecule has 0 spiro atoms. The third-order valence-corrected chi connectivity index (χ3v) is 6.85. The van der Waals surface area contributed by atoms with E-state index in [1.54, 1.807) is 24.3 Å². The summed E-state index contributed by atoms with van der Waals surface area (Å²) in [6, 6.07) is 11.8. The minimum absolute atomic E-state index is 0.0707. The van der Waals surface area contributed by atoms with Crippen LogP contribution in [0.15, 0.2) is 53.4 Å². The van der Waals surface area contributed by atoms with Gasteiger partial charge in [0.1, 0.15) is 5.75 Å². The number of hydrogen-bond donors (Lipinski definition) is 3. The normalized spacial score (nSPS) is 16.6. The van der Waals surface area contributed by atoms with Crippen LogP contribution in [-0.2, 0) is 14.8 Å². The fourth-order valence-electron chi connectivity index (χ4n) is 3.79. The van der Waals surface area contributed by atoms with Crippen LogP contribution in [0.4, 0.5) is 5.69 Å². The first-order valence-corrected chi connectivity index (χ1v) is 12.4. The van der Waals surface area contributed by atoms with E-state index < -0.39 is 15.9 Å². The molecule has 33 heavy (non-hydrogen) atoms. The van der Waals surface area contributed by atoms with Crippen LogP contribution in [0.3, 0.4) is 0 Å². The summed E-state index contributed by atoms with van der Waals surface area (Å²) in [5.41, 5.74) is 5.37. The van der Waals surface area contributed by atoms with Gasteiger partial charge in [0.05, 0.1) is 18.0 Å². The molecule has 3 rings (SSSR count). The molecule has 1 fully saturated rings. The summed E-state index contributed by atoms with van der Waals surface area (Å²) in [5.74, 6) is -0.256. The highest BCUT2D eigenvalue weighted by Gasteiger charge is 2.28. The van der Waals surface area contributed by atoms with Crippen LogP contribution in [0.1, 0.15) is 43.0 Å². The van der Waals surface area contributed by atoms with Crippen molar-refractivity contribution < 1.29 is 22.7 Å². The Bertz CT molecular complexity index is 1070. The number of likely N-dealkylation sites (tertiary alicyclic amines) is 1. The van der Waals surface area contributed by atoms with Crippen molar-refractivity contribution in [2.75, 3.05) is 24.9 Å². The lowest BCUT2D eigenvalue weighted by molar-refractivity contribution is -0.128. The van der Waals surface area contributed by atoms with Gasteiger partial charge in [-0.25, -0.2) is 8.42 Å². The van der Waals surface area contributed by atoms with Gasteiger partial charge in [-0.15, -0.1) is 0 Å². The first-order chi connectivity index (χ1) is 15.8. The Morgan fingerprint density at radius 3 is 2.55 bits per heavy atom. The maximum Gasteiger partial charge on any atom is 0.269 e. The van der Waals surface area contributed by atoms with Crippen molar-refractivity contribution in [3.8, 4) is 5.75 Å². The smallest absolute Gasteiger partial charge is 0.269 e. The van der Waals surface area contributed by atoms with E-state index in [0.717, 1.165) is 38.8 Å². The van der Waals surface area contributed by atoms with Crippen LogP contribution in [0.2, 0.25) is 0 Å². The molecule has 178 valence electrons. The number of ether oxygens (including phenoxy) is 1. The average Bonchev–Trinajstić information content (AvgIpc) is 2.83. The number of nitrogens with one attached hydrogen (secondary N) is 3. The monoisotopic (exact) mass is 474 g/mol. The summed E-state index contributed by atoms with van der Waals surface area (Å²) in [7, 11) is -2.39. The van der Waals surface area contributed by atoms with Gasteiger partial charge in [0.25, 0.3) is 21.8 Å². The zero-order chi connectivity index (χ0) is 23.8. The summed E-state index contributed by atoms with van der Waals surface area (Å²) in [5, 5.41) is 0. The number of hydrogen-bond acceptors (Lipinski definition) is 6. The highest BCUT2D eigenvalue weighted by molar-refractivity contribution is 7.92. The van der Waals surface area contributed by atoms with Crippen molar-refractivity contribution in [3.63, 3.8) is 0 Å². The Kier molecular flexibility index (Phi) is 8.29. The number of rotatable bonds is 8. The molecule has 0 saturated carbocycles. The van der Waals surface area contributed by atoms with Crippen LogP contribution < -0.4 is 20.3 Å². The van der Waals surface area contributed by atoms with E-state index in [-0.39, 0.29) is 22.4 Å². The van der Waals surface area contributed by atoms with Crippen LogP contribution in [0.25, 0.3) is 0 Å². The van der Waals surface area contributed by atoms with E-state index in [2.05, 4.69) is 27.4 Å². The molecular formula is C23H30N4O5S.